The van der Waals surface area contributed by atoms with Crippen LogP contribution in [0.15, 0.2) is 18.3 Å². The number of carbonyl (C=O) groups excluding carboxylic acids is 3. The van der Waals surface area contributed by atoms with Gasteiger partial charge < -0.3 is 4.90 Å². The Morgan fingerprint density at radius 3 is 2.64 bits per heavy atom. The van der Waals surface area contributed by atoms with Gasteiger partial charge in [0, 0.05) is 24.7 Å². The summed E-state index contributed by atoms with van der Waals surface area (Å²) in [5.41, 5.74) is 0.111. The number of imide groups is 1. The second kappa shape index (κ2) is 4.90. The lowest BCUT2D eigenvalue weighted by Crippen LogP contribution is -2.44. The third kappa shape index (κ3) is 2.19. The van der Waals surface area contributed by atoms with Gasteiger partial charge in [0.25, 0.3) is 11.8 Å². The summed E-state index contributed by atoms with van der Waals surface area (Å²) in [7, 11) is 0. The van der Waals surface area contributed by atoms with E-state index in [9.17, 15) is 14.4 Å². The summed E-state index contributed by atoms with van der Waals surface area (Å²) in [6.45, 7) is 6.58. The van der Waals surface area contributed by atoms with Crippen LogP contribution in [0.2, 0.25) is 0 Å². The Bertz CT molecular complexity index is 628. The Hall–Kier alpha value is -2.24. The smallest absolute Gasteiger partial charge is 0.280 e. The maximum atomic E-state index is 12.4. The largest absolute Gasteiger partial charge is 0.340 e. The Kier molecular flexibility index (Phi) is 3.27. The van der Waals surface area contributed by atoms with Crippen molar-refractivity contribution in [1.29, 1.82) is 0 Å². The van der Waals surface area contributed by atoms with Gasteiger partial charge in [-0.15, -0.1) is 0 Å². The third-order valence-electron chi connectivity index (χ3n) is 4.14. The molecule has 1 atom stereocenters. The molecule has 2 aliphatic heterocycles. The number of nitrogens with zero attached hydrogens (tertiary/aromatic N) is 3. The molecule has 6 nitrogen and oxygen atoms in total. The minimum atomic E-state index is -0.460. The summed E-state index contributed by atoms with van der Waals surface area (Å²) >= 11 is 0. The maximum absolute atomic E-state index is 12.4. The van der Waals surface area contributed by atoms with E-state index >= 15 is 0 Å². The van der Waals surface area contributed by atoms with E-state index in [4.69, 9.17) is 0 Å². The van der Waals surface area contributed by atoms with Crippen LogP contribution in [0.3, 0.4) is 0 Å². The SMILES string of the molecule is CC(C)(C)C(=O)N1CCC(N2C(=O)c3cccnc3C2=O)C1. The highest BCUT2D eigenvalue weighted by atomic mass is 16.2. The van der Waals surface area contributed by atoms with Gasteiger partial charge in [0.05, 0.1) is 11.6 Å². The van der Waals surface area contributed by atoms with Crippen molar-refractivity contribution < 1.29 is 14.4 Å². The highest BCUT2D eigenvalue weighted by Crippen LogP contribution is 2.28. The first-order valence-electron chi connectivity index (χ1n) is 7.43. The van der Waals surface area contributed by atoms with Crippen molar-refractivity contribution in [3.8, 4) is 0 Å². The first-order valence-corrected chi connectivity index (χ1v) is 7.43. The molecule has 1 unspecified atom stereocenters. The van der Waals surface area contributed by atoms with E-state index in [0.29, 0.717) is 25.1 Å². The highest BCUT2D eigenvalue weighted by molar-refractivity contribution is 6.20. The number of hydrogen-bond donors (Lipinski definition) is 0. The number of fused-ring (bicyclic) bond motifs is 1. The zero-order valence-corrected chi connectivity index (χ0v) is 13.0. The number of pyridine rings is 1. The van der Waals surface area contributed by atoms with Gasteiger partial charge in [0.2, 0.25) is 5.91 Å². The zero-order chi connectivity index (χ0) is 16.1. The Morgan fingerprint density at radius 2 is 2.00 bits per heavy atom. The monoisotopic (exact) mass is 301 g/mol. The fourth-order valence-corrected chi connectivity index (χ4v) is 3.03. The molecule has 3 heterocycles. The third-order valence-corrected chi connectivity index (χ3v) is 4.14. The summed E-state index contributed by atoms with van der Waals surface area (Å²) in [6.07, 6.45) is 2.13. The standard InChI is InChI=1S/C16H19N3O3/c1-16(2,3)15(22)18-8-6-10(9-18)19-13(20)11-5-4-7-17-12(11)14(19)21/h4-5,7,10H,6,8-9H2,1-3H3. The van der Waals surface area contributed by atoms with Crippen molar-refractivity contribution >= 4 is 17.7 Å². The van der Waals surface area contributed by atoms with Crippen LogP contribution in [0.25, 0.3) is 0 Å². The zero-order valence-electron chi connectivity index (χ0n) is 13.0. The number of likely N-dealkylation sites (tertiary alicyclic amines) is 1. The van der Waals surface area contributed by atoms with Crippen molar-refractivity contribution in [2.24, 2.45) is 5.41 Å². The molecule has 116 valence electrons. The normalized spacial score (nSPS) is 21.5. The van der Waals surface area contributed by atoms with E-state index in [-0.39, 0.29) is 29.5 Å². The molecule has 3 amide bonds. The number of carbonyl (C=O) groups is 3. The summed E-state index contributed by atoms with van der Waals surface area (Å²) < 4.78 is 0. The molecule has 0 aliphatic carbocycles. The summed E-state index contributed by atoms with van der Waals surface area (Å²) in [5.74, 6) is -0.608. The molecule has 0 N–H and O–H groups in total. The first kappa shape index (κ1) is 14.7. The van der Waals surface area contributed by atoms with Gasteiger partial charge in [-0.1, -0.05) is 20.8 Å². The molecule has 1 fully saturated rings. The molecule has 0 radical (unpaired) electrons. The molecule has 1 aromatic rings. The molecule has 1 aromatic heterocycles. The molecule has 1 saturated heterocycles. The summed E-state index contributed by atoms with van der Waals surface area (Å²) in [4.78, 5) is 44.2. The van der Waals surface area contributed by atoms with E-state index in [2.05, 4.69) is 4.98 Å². The van der Waals surface area contributed by atoms with Gasteiger partial charge in [-0.2, -0.15) is 0 Å². The maximum Gasteiger partial charge on any atom is 0.280 e. The van der Waals surface area contributed by atoms with Gasteiger partial charge in [-0.25, -0.2) is 0 Å². The van der Waals surface area contributed by atoms with Crippen LogP contribution in [0.1, 0.15) is 48.0 Å². The lowest BCUT2D eigenvalue weighted by atomic mass is 9.95. The van der Waals surface area contributed by atoms with Gasteiger partial charge in [0.1, 0.15) is 5.69 Å². The molecule has 0 bridgehead atoms. The Morgan fingerprint density at radius 1 is 1.27 bits per heavy atom. The quantitative estimate of drug-likeness (QED) is 0.734. The predicted octanol–water partition coefficient (Wildman–Crippen LogP) is 1.32. The van der Waals surface area contributed by atoms with E-state index in [1.54, 1.807) is 17.0 Å². The Balaban J connectivity index is 1.79. The average molecular weight is 301 g/mol. The van der Waals surface area contributed by atoms with Crippen LogP contribution in [0.4, 0.5) is 0 Å². The second-order valence-electron chi connectivity index (χ2n) is 6.82. The molecule has 0 aromatic carbocycles. The van der Waals surface area contributed by atoms with E-state index in [1.807, 2.05) is 20.8 Å². The van der Waals surface area contributed by atoms with Crippen LogP contribution in [0, 0.1) is 5.41 Å². The minimum absolute atomic E-state index is 0.0461. The Labute approximate surface area is 129 Å². The molecule has 22 heavy (non-hydrogen) atoms. The lowest BCUT2D eigenvalue weighted by molar-refractivity contribution is -0.138. The summed E-state index contributed by atoms with van der Waals surface area (Å²) in [6, 6.07) is 3.01. The average Bonchev–Trinajstić information content (AvgIpc) is 3.02. The van der Waals surface area contributed by atoms with Gasteiger partial charge in [-0.3, -0.25) is 24.3 Å². The molecule has 6 heteroatoms. The van der Waals surface area contributed by atoms with Crippen LogP contribution in [0.5, 0.6) is 0 Å². The van der Waals surface area contributed by atoms with Gasteiger partial charge >= 0.3 is 0 Å². The topological polar surface area (TPSA) is 70.6 Å². The van der Waals surface area contributed by atoms with Crippen LogP contribution in [-0.2, 0) is 4.79 Å². The van der Waals surface area contributed by atoms with E-state index in [0.717, 1.165) is 0 Å². The minimum Gasteiger partial charge on any atom is -0.340 e. The molecule has 2 aliphatic rings. The number of aromatic nitrogens is 1. The van der Waals surface area contributed by atoms with Crippen molar-refractivity contribution in [1.82, 2.24) is 14.8 Å². The lowest BCUT2D eigenvalue weighted by Gasteiger charge is -2.27. The van der Waals surface area contributed by atoms with Crippen molar-refractivity contribution in [3.63, 3.8) is 0 Å². The van der Waals surface area contributed by atoms with Gasteiger partial charge in [-0.05, 0) is 18.6 Å². The number of hydrogen-bond acceptors (Lipinski definition) is 4. The molecule has 0 spiro atoms. The molecular formula is C16H19N3O3. The van der Waals surface area contributed by atoms with E-state index in [1.165, 1.54) is 11.1 Å². The highest BCUT2D eigenvalue weighted by Gasteiger charge is 2.44. The van der Waals surface area contributed by atoms with Crippen molar-refractivity contribution in [2.45, 2.75) is 33.2 Å². The predicted molar refractivity (Wildman–Crippen MR) is 79.2 cm³/mol. The first-order chi connectivity index (χ1) is 10.3. The van der Waals surface area contributed by atoms with Gasteiger partial charge in [0.15, 0.2) is 0 Å². The fraction of sp³-hybridized carbons (Fsp3) is 0.500. The number of rotatable bonds is 1. The number of amides is 3. The van der Waals surface area contributed by atoms with E-state index < -0.39 is 5.41 Å². The fourth-order valence-electron chi connectivity index (χ4n) is 3.03. The second-order valence-corrected chi connectivity index (χ2v) is 6.82. The van der Waals surface area contributed by atoms with Crippen LogP contribution < -0.4 is 0 Å². The van der Waals surface area contributed by atoms with Crippen molar-refractivity contribution in [3.05, 3.63) is 29.6 Å². The molecule has 0 saturated carbocycles. The van der Waals surface area contributed by atoms with Crippen molar-refractivity contribution in [2.75, 3.05) is 13.1 Å². The summed E-state index contributed by atoms with van der Waals surface area (Å²) in [5, 5.41) is 0. The van der Waals surface area contributed by atoms with Crippen LogP contribution >= 0.6 is 0 Å². The molecular weight excluding hydrogens is 282 g/mol. The van der Waals surface area contributed by atoms with Crippen LogP contribution in [-0.4, -0.2) is 51.6 Å². The molecule has 3 rings (SSSR count).